The van der Waals surface area contributed by atoms with Crippen LogP contribution >= 0.6 is 24.4 Å². The number of methoxy groups -OCH3 is 1. The highest BCUT2D eigenvalue weighted by molar-refractivity contribution is 9.10. The number of aliphatic imine (C=N–C) groups is 2. The standard InChI is InChI=1S/C26H31BrN5O5P.C2H6/c1-34-24(33)8-7-23-26(37-38(31-10-14-35-15-11-31)32-12-16-36-17-13-32)30-21-6-5-19(27)18-20(21)25(29-23)22-4-2-3-9-28-22;1-2/h2-6,9,18,23H,7-8,10-17H2,1H3;1-2H3/t23-;/m0./s1. The fourth-order valence-corrected chi connectivity index (χ4v) is 6.72. The molecular weight excluding hydrogens is 597 g/mol. The largest absolute Gasteiger partial charge is 0.469 e. The Bertz CT molecular complexity index is 1150. The average molecular weight is 635 g/mol. The van der Waals surface area contributed by atoms with Crippen molar-refractivity contribution in [1.29, 1.82) is 0 Å². The van der Waals surface area contributed by atoms with Gasteiger partial charge in [-0.15, -0.1) is 0 Å². The van der Waals surface area contributed by atoms with Gasteiger partial charge in [0.15, 0.2) is 0 Å². The number of carbonyl (C=O) groups excluding carboxylic acids is 1. The van der Waals surface area contributed by atoms with Gasteiger partial charge in [0.2, 0.25) is 14.3 Å². The van der Waals surface area contributed by atoms with Crippen molar-refractivity contribution >= 4 is 47.6 Å². The van der Waals surface area contributed by atoms with E-state index < -0.39 is 14.5 Å². The highest BCUT2D eigenvalue weighted by Crippen LogP contribution is 2.47. The summed E-state index contributed by atoms with van der Waals surface area (Å²) in [6, 6.07) is 11.2. The van der Waals surface area contributed by atoms with Crippen LogP contribution in [0.15, 0.2) is 57.1 Å². The summed E-state index contributed by atoms with van der Waals surface area (Å²) in [4.78, 5) is 27.0. The molecule has 0 amide bonds. The second kappa shape index (κ2) is 15.7. The van der Waals surface area contributed by atoms with E-state index in [1.807, 2.05) is 50.2 Å². The Kier molecular flexibility index (Phi) is 12.0. The van der Waals surface area contributed by atoms with Crippen LogP contribution in [0, 0.1) is 0 Å². The second-order valence-electron chi connectivity index (χ2n) is 8.91. The maximum absolute atomic E-state index is 12.2. The maximum atomic E-state index is 12.2. The van der Waals surface area contributed by atoms with Gasteiger partial charge in [-0.25, -0.2) is 14.3 Å². The number of halogens is 1. The lowest BCUT2D eigenvalue weighted by atomic mass is 10.0. The third-order valence-corrected chi connectivity index (χ3v) is 9.02. The highest BCUT2D eigenvalue weighted by Gasteiger charge is 2.35. The van der Waals surface area contributed by atoms with Gasteiger partial charge < -0.3 is 18.7 Å². The molecule has 40 heavy (non-hydrogen) atoms. The minimum atomic E-state index is -1.19. The van der Waals surface area contributed by atoms with Gasteiger partial charge in [-0.2, -0.15) is 0 Å². The van der Waals surface area contributed by atoms with E-state index in [0.717, 1.165) is 47.6 Å². The molecule has 0 radical (unpaired) electrons. The molecule has 1 aromatic heterocycles. The van der Waals surface area contributed by atoms with Gasteiger partial charge in [-0.1, -0.05) is 35.8 Å². The molecule has 1 aromatic carbocycles. The minimum absolute atomic E-state index is 0.190. The number of carbonyl (C=O) groups is 1. The molecule has 0 saturated carbocycles. The topological polar surface area (TPSA) is 98.1 Å². The number of benzene rings is 1. The molecular formula is C28H37BrN5O5P. The second-order valence-corrected chi connectivity index (χ2v) is 11.6. The van der Waals surface area contributed by atoms with E-state index in [1.54, 1.807) is 6.20 Å². The first-order chi connectivity index (χ1) is 19.6. The number of nitrogens with zero attached hydrogens (tertiary/aromatic N) is 5. The zero-order chi connectivity index (χ0) is 28.3. The van der Waals surface area contributed by atoms with Crippen LogP contribution in [-0.2, 0) is 23.5 Å². The Morgan fingerprint density at radius 2 is 1.73 bits per heavy atom. The van der Waals surface area contributed by atoms with E-state index in [1.165, 1.54) is 7.11 Å². The Balaban J connectivity index is 0.00000181. The number of morpholine rings is 2. The van der Waals surface area contributed by atoms with Crippen molar-refractivity contribution in [3.05, 3.63) is 58.3 Å². The molecule has 4 heterocycles. The molecule has 12 heteroatoms. The fourth-order valence-electron chi connectivity index (χ4n) is 4.43. The summed E-state index contributed by atoms with van der Waals surface area (Å²) in [5.41, 5.74) is 3.03. The molecule has 0 N–H and O–H groups in total. The number of fused-ring (bicyclic) bond motifs is 1. The zero-order valence-corrected chi connectivity index (χ0v) is 25.8. The first-order valence-electron chi connectivity index (χ1n) is 13.7. The van der Waals surface area contributed by atoms with Crippen LogP contribution in [0.3, 0.4) is 0 Å². The molecule has 2 fully saturated rings. The molecule has 0 aliphatic carbocycles. The predicted octanol–water partition coefficient (Wildman–Crippen LogP) is 4.98. The monoisotopic (exact) mass is 633 g/mol. The SMILES string of the molecule is CC.COC(=O)CC[C@@H]1N=C(c2ccccn2)c2cc(Br)ccc2N=C1OP(N1CCOCC1)N1CCOCC1. The number of esters is 1. The fraction of sp³-hybridized carbons (Fsp3) is 0.500. The summed E-state index contributed by atoms with van der Waals surface area (Å²) < 4.78 is 28.6. The molecule has 0 unspecified atom stereocenters. The number of pyridine rings is 1. The van der Waals surface area contributed by atoms with Gasteiger partial charge in [0.1, 0.15) is 6.04 Å². The minimum Gasteiger partial charge on any atom is -0.469 e. The van der Waals surface area contributed by atoms with Gasteiger partial charge in [0, 0.05) is 48.8 Å². The summed E-state index contributed by atoms with van der Waals surface area (Å²) in [5, 5.41) is 0. The van der Waals surface area contributed by atoms with Crippen molar-refractivity contribution in [2.45, 2.75) is 32.7 Å². The van der Waals surface area contributed by atoms with Crippen molar-refractivity contribution in [2.24, 2.45) is 9.98 Å². The van der Waals surface area contributed by atoms with Crippen molar-refractivity contribution in [2.75, 3.05) is 59.7 Å². The summed E-state index contributed by atoms with van der Waals surface area (Å²) in [5.74, 6) is 0.194. The third kappa shape index (κ3) is 7.93. The van der Waals surface area contributed by atoms with Crippen molar-refractivity contribution in [3.8, 4) is 0 Å². The summed E-state index contributed by atoms with van der Waals surface area (Å²) in [6.45, 7) is 9.72. The number of hydrogen-bond acceptors (Lipinski definition) is 10. The molecule has 0 bridgehead atoms. The molecule has 5 rings (SSSR count). The number of rotatable bonds is 7. The van der Waals surface area contributed by atoms with Gasteiger partial charge in [0.05, 0.1) is 50.6 Å². The maximum Gasteiger partial charge on any atom is 0.305 e. The van der Waals surface area contributed by atoms with Crippen LogP contribution < -0.4 is 0 Å². The van der Waals surface area contributed by atoms with E-state index in [-0.39, 0.29) is 12.4 Å². The average Bonchev–Trinajstić information content (AvgIpc) is 3.17. The predicted molar refractivity (Wildman–Crippen MR) is 160 cm³/mol. The molecule has 2 aromatic rings. The Morgan fingerprint density at radius 3 is 2.33 bits per heavy atom. The lowest BCUT2D eigenvalue weighted by Gasteiger charge is -2.40. The van der Waals surface area contributed by atoms with E-state index in [9.17, 15) is 4.79 Å². The molecule has 3 aliphatic heterocycles. The van der Waals surface area contributed by atoms with Crippen LogP contribution in [0.1, 0.15) is 37.9 Å². The van der Waals surface area contributed by atoms with E-state index in [2.05, 4.69) is 30.3 Å². The first-order valence-corrected chi connectivity index (χ1v) is 15.7. The number of hydrogen-bond donors (Lipinski definition) is 0. The van der Waals surface area contributed by atoms with Crippen molar-refractivity contribution < 1.29 is 23.5 Å². The van der Waals surface area contributed by atoms with Crippen LogP contribution in [0.4, 0.5) is 5.69 Å². The van der Waals surface area contributed by atoms with Crippen LogP contribution in [0.2, 0.25) is 0 Å². The lowest BCUT2D eigenvalue weighted by molar-refractivity contribution is -0.140. The normalized spacial score (nSPS) is 19.9. The zero-order valence-electron chi connectivity index (χ0n) is 23.3. The molecule has 216 valence electrons. The highest BCUT2D eigenvalue weighted by atomic mass is 79.9. The van der Waals surface area contributed by atoms with Gasteiger partial charge in [-0.3, -0.25) is 14.8 Å². The third-order valence-electron chi connectivity index (χ3n) is 6.41. The number of aromatic nitrogens is 1. The van der Waals surface area contributed by atoms with Crippen LogP contribution in [0.5, 0.6) is 0 Å². The molecule has 10 nitrogen and oxygen atoms in total. The number of ether oxygens (including phenoxy) is 3. The summed E-state index contributed by atoms with van der Waals surface area (Å²) >= 11 is 3.60. The molecule has 1 atom stereocenters. The van der Waals surface area contributed by atoms with Gasteiger partial charge in [-0.05, 0) is 36.8 Å². The van der Waals surface area contributed by atoms with E-state index in [0.29, 0.717) is 44.5 Å². The van der Waals surface area contributed by atoms with Crippen LogP contribution in [-0.4, -0.2) is 97.7 Å². The van der Waals surface area contributed by atoms with Gasteiger partial charge in [0.25, 0.3) is 0 Å². The van der Waals surface area contributed by atoms with E-state index in [4.69, 9.17) is 28.7 Å². The summed E-state index contributed by atoms with van der Waals surface area (Å²) in [7, 11) is 0.209. The molecule has 0 spiro atoms. The molecule has 3 aliphatic rings. The Labute approximate surface area is 245 Å². The lowest BCUT2D eigenvalue weighted by Crippen LogP contribution is -2.42. The van der Waals surface area contributed by atoms with Crippen molar-refractivity contribution in [1.82, 2.24) is 14.3 Å². The smallest absolute Gasteiger partial charge is 0.305 e. The van der Waals surface area contributed by atoms with Crippen LogP contribution in [0.25, 0.3) is 0 Å². The van der Waals surface area contributed by atoms with Crippen molar-refractivity contribution in [3.63, 3.8) is 0 Å². The Hall–Kier alpha value is -2.27. The van der Waals surface area contributed by atoms with Gasteiger partial charge >= 0.3 is 5.97 Å². The molecule has 2 saturated heterocycles. The van der Waals surface area contributed by atoms with E-state index >= 15 is 0 Å². The quantitative estimate of drug-likeness (QED) is 0.311. The first kappa shape index (κ1) is 30.7. The Morgan fingerprint density at radius 1 is 1.05 bits per heavy atom. The summed E-state index contributed by atoms with van der Waals surface area (Å²) in [6.07, 6.45) is 2.33.